The number of fused-ring (bicyclic) bond motifs is 1. The summed E-state index contributed by atoms with van der Waals surface area (Å²) in [6.45, 7) is 2.89. The van der Waals surface area contributed by atoms with Crippen molar-refractivity contribution in [3.63, 3.8) is 0 Å². The number of hydrogen-bond donors (Lipinski definition) is 2. The summed E-state index contributed by atoms with van der Waals surface area (Å²) in [5.74, 6) is -0.0782. The molecule has 0 saturated heterocycles. The predicted octanol–water partition coefficient (Wildman–Crippen LogP) is 6.39. The molecule has 0 aliphatic carbocycles. The van der Waals surface area contributed by atoms with Crippen molar-refractivity contribution in [1.29, 1.82) is 0 Å². The molecular formula is C31H26F3N3O5. The lowest BCUT2D eigenvalue weighted by atomic mass is 9.92. The summed E-state index contributed by atoms with van der Waals surface area (Å²) in [4.78, 5) is 4.56. The van der Waals surface area contributed by atoms with Gasteiger partial charge in [-0.25, -0.2) is 9.37 Å². The first-order valence-corrected chi connectivity index (χ1v) is 13.2. The zero-order valence-corrected chi connectivity index (χ0v) is 22.9. The zero-order chi connectivity index (χ0) is 29.8. The number of aromatic nitrogens is 3. The van der Waals surface area contributed by atoms with Crippen LogP contribution in [0.25, 0.3) is 45.0 Å². The van der Waals surface area contributed by atoms with Gasteiger partial charge in [0.15, 0.2) is 23.1 Å². The van der Waals surface area contributed by atoms with Crippen LogP contribution in [-0.4, -0.2) is 31.3 Å². The SMILES string of the molecule is CCc1cc(-c2ccc(-c3cc(CO)nn3C)c(-c3oc(C)nc3-c3ccc4c(c3)OC(F)(F)O4)c2)cc(F)c1CO. The predicted molar refractivity (Wildman–Crippen MR) is 147 cm³/mol. The van der Waals surface area contributed by atoms with Gasteiger partial charge in [-0.1, -0.05) is 25.1 Å². The fourth-order valence-electron chi connectivity index (χ4n) is 5.25. The number of ether oxygens (including phenoxy) is 2. The summed E-state index contributed by atoms with van der Waals surface area (Å²) >= 11 is 0. The minimum atomic E-state index is -3.77. The number of halogens is 3. The van der Waals surface area contributed by atoms with Crippen molar-refractivity contribution in [1.82, 2.24) is 14.8 Å². The van der Waals surface area contributed by atoms with Crippen LogP contribution >= 0.6 is 0 Å². The monoisotopic (exact) mass is 577 g/mol. The Balaban J connectivity index is 1.56. The average Bonchev–Trinajstić information content (AvgIpc) is 3.64. The van der Waals surface area contributed by atoms with Gasteiger partial charge >= 0.3 is 6.29 Å². The van der Waals surface area contributed by atoms with Crippen LogP contribution in [0.4, 0.5) is 13.2 Å². The van der Waals surface area contributed by atoms with Crippen molar-refractivity contribution in [2.75, 3.05) is 0 Å². The number of rotatable bonds is 7. The Kier molecular flexibility index (Phi) is 6.78. The second kappa shape index (κ2) is 10.3. The van der Waals surface area contributed by atoms with Crippen LogP contribution in [-0.2, 0) is 26.7 Å². The summed E-state index contributed by atoms with van der Waals surface area (Å²) in [5.41, 5.74) is 5.41. The summed E-state index contributed by atoms with van der Waals surface area (Å²) < 4.78 is 59.4. The van der Waals surface area contributed by atoms with Crippen LogP contribution in [0, 0.1) is 12.7 Å². The van der Waals surface area contributed by atoms with E-state index in [4.69, 9.17) is 4.42 Å². The molecule has 0 radical (unpaired) electrons. The molecule has 5 aromatic rings. The lowest BCUT2D eigenvalue weighted by Gasteiger charge is -2.14. The number of nitrogens with zero attached hydrogens (tertiary/aromatic N) is 3. The Hall–Kier alpha value is -4.61. The first-order chi connectivity index (χ1) is 20.1. The Morgan fingerprint density at radius 3 is 2.36 bits per heavy atom. The van der Waals surface area contributed by atoms with Gasteiger partial charge < -0.3 is 24.1 Å². The second-order valence-electron chi connectivity index (χ2n) is 9.91. The number of aliphatic hydroxyl groups excluding tert-OH is 2. The van der Waals surface area contributed by atoms with E-state index >= 15 is 0 Å². The lowest BCUT2D eigenvalue weighted by Crippen LogP contribution is -2.25. The van der Waals surface area contributed by atoms with Crippen LogP contribution in [0.1, 0.15) is 29.6 Å². The van der Waals surface area contributed by atoms with Gasteiger partial charge in [-0.15, -0.1) is 8.78 Å². The van der Waals surface area contributed by atoms with Gasteiger partial charge in [-0.2, -0.15) is 5.10 Å². The molecule has 1 aliphatic heterocycles. The fourth-order valence-corrected chi connectivity index (χ4v) is 5.25. The Bertz CT molecular complexity index is 1830. The highest BCUT2D eigenvalue weighted by Gasteiger charge is 2.43. The first kappa shape index (κ1) is 27.6. The molecule has 0 fully saturated rings. The van der Waals surface area contributed by atoms with E-state index in [9.17, 15) is 23.4 Å². The largest absolute Gasteiger partial charge is 0.586 e. The molecular weight excluding hydrogens is 551 g/mol. The highest BCUT2D eigenvalue weighted by atomic mass is 19.3. The molecule has 0 unspecified atom stereocenters. The van der Waals surface area contributed by atoms with Crippen molar-refractivity contribution < 1.29 is 37.3 Å². The van der Waals surface area contributed by atoms with Crippen molar-refractivity contribution in [2.24, 2.45) is 7.05 Å². The fraction of sp³-hybridized carbons (Fsp3) is 0.226. The van der Waals surface area contributed by atoms with E-state index < -0.39 is 18.7 Å². The summed E-state index contributed by atoms with van der Waals surface area (Å²) in [7, 11) is 1.74. The minimum Gasteiger partial charge on any atom is -0.440 e. The molecule has 0 amide bonds. The van der Waals surface area contributed by atoms with Crippen LogP contribution in [0.2, 0.25) is 0 Å². The highest BCUT2D eigenvalue weighted by molar-refractivity contribution is 5.90. The molecule has 6 rings (SSSR count). The Labute approximate surface area is 238 Å². The topological polar surface area (TPSA) is 103 Å². The van der Waals surface area contributed by atoms with E-state index in [-0.39, 0.29) is 23.7 Å². The Morgan fingerprint density at radius 1 is 0.881 bits per heavy atom. The number of oxazole rings is 1. The molecule has 0 bridgehead atoms. The molecule has 2 aromatic heterocycles. The van der Waals surface area contributed by atoms with Crippen molar-refractivity contribution in [3.8, 4) is 56.5 Å². The molecule has 216 valence electrons. The van der Waals surface area contributed by atoms with Crippen molar-refractivity contribution in [2.45, 2.75) is 39.8 Å². The maximum atomic E-state index is 15.0. The number of hydrogen-bond acceptors (Lipinski definition) is 7. The van der Waals surface area contributed by atoms with Crippen LogP contribution < -0.4 is 9.47 Å². The molecule has 3 aromatic carbocycles. The lowest BCUT2D eigenvalue weighted by molar-refractivity contribution is -0.286. The molecule has 3 heterocycles. The third-order valence-electron chi connectivity index (χ3n) is 7.20. The van der Waals surface area contributed by atoms with E-state index in [2.05, 4.69) is 19.6 Å². The smallest absolute Gasteiger partial charge is 0.440 e. The highest BCUT2D eigenvalue weighted by Crippen LogP contribution is 2.46. The molecule has 11 heteroatoms. The summed E-state index contributed by atoms with van der Waals surface area (Å²) in [5, 5.41) is 23.7. The number of aliphatic hydroxyl groups is 2. The zero-order valence-electron chi connectivity index (χ0n) is 22.9. The van der Waals surface area contributed by atoms with E-state index in [1.54, 1.807) is 30.8 Å². The van der Waals surface area contributed by atoms with E-state index in [1.807, 2.05) is 31.2 Å². The third kappa shape index (κ3) is 4.80. The number of benzene rings is 3. The van der Waals surface area contributed by atoms with Crippen molar-refractivity contribution >= 4 is 0 Å². The van der Waals surface area contributed by atoms with Crippen LogP contribution in [0.3, 0.4) is 0 Å². The van der Waals surface area contributed by atoms with E-state index in [0.717, 1.165) is 0 Å². The van der Waals surface area contributed by atoms with E-state index in [1.165, 1.54) is 18.2 Å². The number of alkyl halides is 2. The van der Waals surface area contributed by atoms with E-state index in [0.29, 0.717) is 68.5 Å². The molecule has 42 heavy (non-hydrogen) atoms. The van der Waals surface area contributed by atoms with Gasteiger partial charge in [0, 0.05) is 36.2 Å². The minimum absolute atomic E-state index is 0.0975. The molecule has 0 atom stereocenters. The normalized spacial score (nSPS) is 13.6. The maximum absolute atomic E-state index is 15.0. The van der Waals surface area contributed by atoms with Crippen molar-refractivity contribution in [3.05, 3.63) is 83.1 Å². The van der Waals surface area contributed by atoms with Crippen LogP contribution in [0.15, 0.2) is 59.0 Å². The van der Waals surface area contributed by atoms with Gasteiger partial charge in [-0.3, -0.25) is 4.68 Å². The van der Waals surface area contributed by atoms with Gasteiger partial charge in [-0.05, 0) is 59.5 Å². The molecule has 0 spiro atoms. The average molecular weight is 578 g/mol. The molecule has 2 N–H and O–H groups in total. The first-order valence-electron chi connectivity index (χ1n) is 13.2. The second-order valence-corrected chi connectivity index (χ2v) is 9.91. The van der Waals surface area contributed by atoms with Crippen LogP contribution in [0.5, 0.6) is 11.5 Å². The standard InChI is InChI=1S/C31H26F3N3O5/c1-4-17-9-20(11-25(32)24(17)15-39)18-5-7-22(26-13-21(14-38)36-37(26)3)23(10-18)30-29(35-16(2)40-30)19-6-8-27-28(12-19)42-31(33,34)41-27/h5-13,38-39H,4,14-15H2,1-3H3. The summed E-state index contributed by atoms with van der Waals surface area (Å²) in [6.07, 6.45) is -3.24. The van der Waals surface area contributed by atoms with Gasteiger partial charge in [0.25, 0.3) is 0 Å². The Morgan fingerprint density at radius 2 is 1.64 bits per heavy atom. The van der Waals surface area contributed by atoms with Gasteiger partial charge in [0.05, 0.1) is 24.6 Å². The molecule has 0 saturated carbocycles. The number of aryl methyl sites for hydroxylation is 3. The quantitative estimate of drug-likeness (QED) is 0.231. The maximum Gasteiger partial charge on any atom is 0.586 e. The van der Waals surface area contributed by atoms with Gasteiger partial charge in [0.2, 0.25) is 0 Å². The molecule has 8 nitrogen and oxygen atoms in total. The third-order valence-corrected chi connectivity index (χ3v) is 7.20. The summed E-state index contributed by atoms with van der Waals surface area (Å²) in [6, 6.07) is 14.8. The van der Waals surface area contributed by atoms with Gasteiger partial charge in [0.1, 0.15) is 11.5 Å². The molecule has 1 aliphatic rings.